The Labute approximate surface area is 171 Å². The average Bonchev–Trinajstić information content (AvgIpc) is 3.05. The van der Waals surface area contributed by atoms with Gasteiger partial charge in [0.15, 0.2) is 5.65 Å². The highest BCUT2D eigenvalue weighted by molar-refractivity contribution is 5.89. The Morgan fingerprint density at radius 2 is 1.87 bits per heavy atom. The van der Waals surface area contributed by atoms with Gasteiger partial charge in [0.1, 0.15) is 5.82 Å². The molecular formula is C22H20FN5O2. The molecule has 2 aromatic heterocycles. The number of urea groups is 1. The highest BCUT2D eigenvalue weighted by Gasteiger charge is 2.08. The maximum absolute atomic E-state index is 13.6. The van der Waals surface area contributed by atoms with Crippen LogP contribution in [0.1, 0.15) is 11.1 Å². The molecule has 0 aliphatic heterocycles. The first-order chi connectivity index (χ1) is 14.6. The van der Waals surface area contributed by atoms with Crippen LogP contribution in [-0.2, 0) is 13.0 Å². The van der Waals surface area contributed by atoms with E-state index in [9.17, 15) is 14.0 Å². The van der Waals surface area contributed by atoms with Gasteiger partial charge < -0.3 is 10.6 Å². The normalized spacial score (nSPS) is 10.8. The third kappa shape index (κ3) is 4.38. The molecule has 8 heteroatoms. The Bertz CT molecular complexity index is 1250. The van der Waals surface area contributed by atoms with E-state index in [1.54, 1.807) is 54.7 Å². The standard InChI is InChI=1S/C22H20FN5O2/c23-19-9-2-1-7-17(19)11-12-24-21(29)25-18-8-5-6-16(14-18)15-28-22(30)27-13-4-3-10-20(27)26-28/h1-10,13-14H,11-12,15H2,(H2,24,25,29). The van der Waals surface area contributed by atoms with E-state index < -0.39 is 0 Å². The van der Waals surface area contributed by atoms with Gasteiger partial charge in [-0.25, -0.2) is 18.7 Å². The van der Waals surface area contributed by atoms with Gasteiger partial charge in [0, 0.05) is 18.4 Å². The van der Waals surface area contributed by atoms with Crippen LogP contribution in [0.15, 0.2) is 77.7 Å². The maximum atomic E-state index is 13.6. The van der Waals surface area contributed by atoms with Crippen molar-refractivity contribution in [2.24, 2.45) is 0 Å². The van der Waals surface area contributed by atoms with Crippen LogP contribution < -0.4 is 16.3 Å². The van der Waals surface area contributed by atoms with Gasteiger partial charge in [-0.3, -0.25) is 4.40 Å². The number of halogens is 1. The summed E-state index contributed by atoms with van der Waals surface area (Å²) in [6.45, 7) is 0.591. The van der Waals surface area contributed by atoms with Crippen molar-refractivity contribution in [1.82, 2.24) is 19.5 Å². The van der Waals surface area contributed by atoms with E-state index in [0.29, 0.717) is 29.9 Å². The van der Waals surface area contributed by atoms with Crippen molar-refractivity contribution in [1.29, 1.82) is 0 Å². The van der Waals surface area contributed by atoms with Gasteiger partial charge in [-0.15, -0.1) is 5.10 Å². The van der Waals surface area contributed by atoms with Crippen LogP contribution in [-0.4, -0.2) is 26.8 Å². The van der Waals surface area contributed by atoms with Gasteiger partial charge >= 0.3 is 11.7 Å². The Hall–Kier alpha value is -3.94. The summed E-state index contributed by atoms with van der Waals surface area (Å²) >= 11 is 0. The van der Waals surface area contributed by atoms with Crippen molar-refractivity contribution in [3.63, 3.8) is 0 Å². The number of nitrogens with one attached hydrogen (secondary N) is 2. The molecule has 4 aromatic rings. The molecule has 30 heavy (non-hydrogen) atoms. The number of benzene rings is 2. The van der Waals surface area contributed by atoms with Crippen LogP contribution in [0, 0.1) is 5.82 Å². The number of nitrogens with zero attached hydrogens (tertiary/aromatic N) is 3. The predicted octanol–water partition coefficient (Wildman–Crippen LogP) is 3.05. The lowest BCUT2D eigenvalue weighted by Crippen LogP contribution is -2.30. The highest BCUT2D eigenvalue weighted by atomic mass is 19.1. The molecule has 0 aliphatic carbocycles. The number of rotatable bonds is 6. The number of hydrogen-bond donors (Lipinski definition) is 2. The van der Waals surface area contributed by atoms with Crippen molar-refractivity contribution < 1.29 is 9.18 Å². The molecule has 0 radical (unpaired) electrons. The fourth-order valence-corrected chi connectivity index (χ4v) is 3.18. The Morgan fingerprint density at radius 1 is 1.03 bits per heavy atom. The van der Waals surface area contributed by atoms with E-state index in [-0.39, 0.29) is 24.1 Å². The third-order valence-electron chi connectivity index (χ3n) is 4.64. The molecule has 2 N–H and O–H groups in total. The number of carbonyl (C=O) groups excluding carboxylic acids is 1. The summed E-state index contributed by atoms with van der Waals surface area (Å²) in [6, 6.07) is 18.7. The maximum Gasteiger partial charge on any atom is 0.350 e. The van der Waals surface area contributed by atoms with E-state index in [0.717, 1.165) is 5.56 Å². The average molecular weight is 405 g/mol. The number of fused-ring (bicyclic) bond motifs is 1. The van der Waals surface area contributed by atoms with Gasteiger partial charge in [-0.1, -0.05) is 36.4 Å². The van der Waals surface area contributed by atoms with Gasteiger partial charge in [-0.05, 0) is 47.9 Å². The van der Waals surface area contributed by atoms with Crippen LogP contribution in [0.4, 0.5) is 14.9 Å². The minimum absolute atomic E-state index is 0.227. The second-order valence-electron chi connectivity index (χ2n) is 6.79. The monoisotopic (exact) mass is 405 g/mol. The summed E-state index contributed by atoms with van der Waals surface area (Å²) in [4.78, 5) is 24.6. The van der Waals surface area contributed by atoms with Gasteiger partial charge in [0.05, 0.1) is 6.54 Å². The molecule has 0 saturated carbocycles. The fraction of sp³-hybridized carbons (Fsp3) is 0.136. The van der Waals surface area contributed by atoms with Crippen molar-refractivity contribution >= 4 is 17.4 Å². The molecular weight excluding hydrogens is 385 g/mol. The smallest absolute Gasteiger partial charge is 0.338 e. The number of hydrogen-bond acceptors (Lipinski definition) is 3. The second kappa shape index (κ2) is 8.60. The lowest BCUT2D eigenvalue weighted by Gasteiger charge is -2.09. The van der Waals surface area contributed by atoms with Crippen molar-refractivity contribution in [2.45, 2.75) is 13.0 Å². The van der Waals surface area contributed by atoms with Crippen LogP contribution in [0.25, 0.3) is 5.65 Å². The Morgan fingerprint density at radius 3 is 2.70 bits per heavy atom. The molecule has 0 aliphatic rings. The summed E-state index contributed by atoms with van der Waals surface area (Å²) in [5.41, 5.74) is 2.32. The number of carbonyl (C=O) groups is 1. The zero-order valence-corrected chi connectivity index (χ0v) is 16.1. The van der Waals surface area contributed by atoms with Crippen LogP contribution in [0.5, 0.6) is 0 Å². The lowest BCUT2D eigenvalue weighted by atomic mass is 10.1. The Balaban J connectivity index is 1.37. The molecule has 2 amide bonds. The highest BCUT2D eigenvalue weighted by Crippen LogP contribution is 2.12. The largest absolute Gasteiger partial charge is 0.350 e. The van der Waals surface area contributed by atoms with Gasteiger partial charge in [0.25, 0.3) is 0 Å². The van der Waals surface area contributed by atoms with Gasteiger partial charge in [-0.2, -0.15) is 0 Å². The van der Waals surface area contributed by atoms with E-state index in [1.807, 2.05) is 12.1 Å². The van der Waals surface area contributed by atoms with Crippen LogP contribution >= 0.6 is 0 Å². The molecule has 0 atom stereocenters. The van der Waals surface area contributed by atoms with Crippen molar-refractivity contribution in [3.05, 3.63) is 100 Å². The molecule has 0 unspecified atom stereocenters. The first-order valence-electron chi connectivity index (χ1n) is 9.51. The molecule has 7 nitrogen and oxygen atoms in total. The quantitative estimate of drug-likeness (QED) is 0.517. The topological polar surface area (TPSA) is 80.4 Å². The summed E-state index contributed by atoms with van der Waals surface area (Å²) in [5, 5.41) is 9.78. The first-order valence-corrected chi connectivity index (χ1v) is 9.51. The zero-order chi connectivity index (χ0) is 20.9. The van der Waals surface area contributed by atoms with E-state index in [2.05, 4.69) is 15.7 Å². The van der Waals surface area contributed by atoms with Crippen molar-refractivity contribution in [3.8, 4) is 0 Å². The number of aromatic nitrogens is 3. The SMILES string of the molecule is O=C(NCCc1ccccc1F)Nc1cccc(Cn2nc3ccccn3c2=O)c1. The third-order valence-corrected chi connectivity index (χ3v) is 4.64. The molecule has 0 saturated heterocycles. The van der Waals surface area contributed by atoms with Crippen molar-refractivity contribution in [2.75, 3.05) is 11.9 Å². The number of anilines is 1. The number of amides is 2. The molecule has 152 valence electrons. The van der Waals surface area contributed by atoms with E-state index in [4.69, 9.17) is 0 Å². The van der Waals surface area contributed by atoms with E-state index >= 15 is 0 Å². The van der Waals surface area contributed by atoms with Gasteiger partial charge in [0.2, 0.25) is 0 Å². The molecule has 2 aromatic carbocycles. The fourth-order valence-electron chi connectivity index (χ4n) is 3.18. The molecule has 0 fully saturated rings. The second-order valence-corrected chi connectivity index (χ2v) is 6.79. The molecule has 2 heterocycles. The molecule has 0 bridgehead atoms. The lowest BCUT2D eigenvalue weighted by molar-refractivity contribution is 0.252. The summed E-state index contributed by atoms with van der Waals surface area (Å²) in [5.74, 6) is -0.283. The Kier molecular flexibility index (Phi) is 5.56. The van der Waals surface area contributed by atoms with Crippen LogP contribution in [0.3, 0.4) is 0 Å². The summed E-state index contributed by atoms with van der Waals surface area (Å²) in [7, 11) is 0. The summed E-state index contributed by atoms with van der Waals surface area (Å²) in [6.07, 6.45) is 2.07. The minimum atomic E-state index is -0.381. The molecule has 0 spiro atoms. The number of pyridine rings is 1. The van der Waals surface area contributed by atoms with Crippen LogP contribution in [0.2, 0.25) is 0 Å². The predicted molar refractivity (Wildman–Crippen MR) is 112 cm³/mol. The van der Waals surface area contributed by atoms with E-state index in [1.165, 1.54) is 15.1 Å². The summed E-state index contributed by atoms with van der Waals surface area (Å²) < 4.78 is 16.5. The first kappa shape index (κ1) is 19.4. The molecule has 4 rings (SSSR count). The zero-order valence-electron chi connectivity index (χ0n) is 16.1. The minimum Gasteiger partial charge on any atom is -0.338 e.